The van der Waals surface area contributed by atoms with Crippen LogP contribution in [-0.2, 0) is 13.0 Å². The van der Waals surface area contributed by atoms with Gasteiger partial charge in [-0.25, -0.2) is 9.97 Å². The van der Waals surface area contributed by atoms with Crippen molar-refractivity contribution >= 4 is 22.6 Å². The highest BCUT2D eigenvalue weighted by atomic mass is 16.5. The molecule has 7 nitrogen and oxygen atoms in total. The van der Waals surface area contributed by atoms with Gasteiger partial charge in [-0.15, -0.1) is 0 Å². The van der Waals surface area contributed by atoms with Crippen molar-refractivity contribution in [3.63, 3.8) is 0 Å². The van der Waals surface area contributed by atoms with E-state index >= 15 is 0 Å². The molecule has 5 aromatic rings. The first-order chi connectivity index (χ1) is 20.7. The maximum Gasteiger partial charge on any atom is 0.253 e. The van der Waals surface area contributed by atoms with E-state index in [-0.39, 0.29) is 11.9 Å². The molecule has 1 fully saturated rings. The predicted molar refractivity (Wildman–Crippen MR) is 163 cm³/mol. The van der Waals surface area contributed by atoms with Gasteiger partial charge >= 0.3 is 0 Å². The summed E-state index contributed by atoms with van der Waals surface area (Å²) in [6, 6.07) is 33.4. The molecule has 1 aliphatic rings. The first-order valence-electron chi connectivity index (χ1n) is 14.2. The standard InChI is InChI=1S/C35H31N5O2/c36-22-27-13-16-33(42-23-26-11-5-2-6-12-26)30(19-27)32(20-25-9-3-1-4-10-25)39-34-29-15-14-28(21-31(29)37-24-38-34)35(41)40-17-7-8-18-40/h1-6,9-16,19,21,24,32H,7-8,17-18,20,23H2,(H,37,38,39). The van der Waals surface area contributed by atoms with Crippen LogP contribution in [0.3, 0.4) is 0 Å². The number of nitriles is 1. The van der Waals surface area contributed by atoms with Crippen LogP contribution in [0.5, 0.6) is 5.75 Å². The highest BCUT2D eigenvalue weighted by Gasteiger charge is 2.22. The lowest BCUT2D eigenvalue weighted by molar-refractivity contribution is 0.0793. The average molecular weight is 554 g/mol. The Morgan fingerprint density at radius 2 is 1.64 bits per heavy atom. The Kier molecular flexibility index (Phi) is 8.05. The summed E-state index contributed by atoms with van der Waals surface area (Å²) in [6.45, 7) is 2.00. The zero-order valence-corrected chi connectivity index (χ0v) is 23.2. The van der Waals surface area contributed by atoms with Gasteiger partial charge in [0.2, 0.25) is 0 Å². The van der Waals surface area contributed by atoms with Gasteiger partial charge in [0.05, 0.1) is 23.2 Å². The Balaban J connectivity index is 1.36. The van der Waals surface area contributed by atoms with E-state index in [1.54, 1.807) is 6.07 Å². The lowest BCUT2D eigenvalue weighted by Gasteiger charge is -2.24. The lowest BCUT2D eigenvalue weighted by Crippen LogP contribution is -2.27. The van der Waals surface area contributed by atoms with E-state index in [1.807, 2.05) is 83.8 Å². The monoisotopic (exact) mass is 553 g/mol. The van der Waals surface area contributed by atoms with Gasteiger partial charge < -0.3 is 15.0 Å². The number of aromatic nitrogens is 2. The SMILES string of the molecule is N#Cc1ccc(OCc2ccccc2)c(C(Cc2ccccc2)Nc2ncnc3cc(C(=O)N4CCCC4)ccc23)c1. The van der Waals surface area contributed by atoms with Gasteiger partial charge in [0.25, 0.3) is 5.91 Å². The molecule has 1 aromatic heterocycles. The number of hydrogen-bond acceptors (Lipinski definition) is 6. The van der Waals surface area contributed by atoms with E-state index in [0.29, 0.717) is 41.2 Å². The summed E-state index contributed by atoms with van der Waals surface area (Å²) in [4.78, 5) is 24.0. The number of carbonyl (C=O) groups excluding carboxylic acids is 1. The summed E-state index contributed by atoms with van der Waals surface area (Å²) in [6.07, 6.45) is 4.24. The minimum Gasteiger partial charge on any atom is -0.489 e. The number of benzene rings is 4. The summed E-state index contributed by atoms with van der Waals surface area (Å²) >= 11 is 0. The number of hydrogen-bond donors (Lipinski definition) is 1. The Bertz CT molecular complexity index is 1730. The van der Waals surface area contributed by atoms with Crippen molar-refractivity contribution in [3.05, 3.63) is 131 Å². The topological polar surface area (TPSA) is 91.1 Å². The molecule has 2 heterocycles. The molecule has 0 radical (unpaired) electrons. The third-order valence-corrected chi connectivity index (χ3v) is 7.62. The van der Waals surface area contributed by atoms with Crippen LogP contribution in [0.25, 0.3) is 10.9 Å². The molecule has 208 valence electrons. The molecule has 1 saturated heterocycles. The van der Waals surface area contributed by atoms with Crippen molar-refractivity contribution in [3.8, 4) is 11.8 Å². The Morgan fingerprint density at radius 1 is 0.905 bits per heavy atom. The zero-order valence-electron chi connectivity index (χ0n) is 23.2. The maximum atomic E-state index is 13.0. The van der Waals surface area contributed by atoms with Crippen LogP contribution in [0.2, 0.25) is 0 Å². The number of carbonyl (C=O) groups is 1. The van der Waals surface area contributed by atoms with Crippen molar-refractivity contribution in [2.75, 3.05) is 18.4 Å². The zero-order chi connectivity index (χ0) is 28.7. The van der Waals surface area contributed by atoms with Gasteiger partial charge in [-0.2, -0.15) is 5.26 Å². The maximum absolute atomic E-state index is 13.0. The summed E-state index contributed by atoms with van der Waals surface area (Å²) in [7, 11) is 0. The second kappa shape index (κ2) is 12.5. The Morgan fingerprint density at radius 3 is 2.38 bits per heavy atom. The van der Waals surface area contributed by atoms with Crippen molar-refractivity contribution in [1.29, 1.82) is 5.26 Å². The molecule has 0 bridgehead atoms. The van der Waals surface area contributed by atoms with Gasteiger partial charge in [-0.05, 0) is 66.8 Å². The molecule has 0 spiro atoms. The van der Waals surface area contributed by atoms with E-state index < -0.39 is 0 Å². The number of rotatable bonds is 9. The number of likely N-dealkylation sites (tertiary alicyclic amines) is 1. The summed E-state index contributed by atoms with van der Waals surface area (Å²) in [5, 5.41) is 14.2. The summed E-state index contributed by atoms with van der Waals surface area (Å²) in [5.41, 5.74) is 4.93. The normalized spacial score (nSPS) is 13.5. The van der Waals surface area contributed by atoms with Crippen LogP contribution in [0.4, 0.5) is 5.82 Å². The number of nitrogens with zero attached hydrogens (tertiary/aromatic N) is 4. The van der Waals surface area contributed by atoms with Gasteiger partial charge in [-0.1, -0.05) is 60.7 Å². The fraction of sp³-hybridized carbons (Fsp3) is 0.200. The first-order valence-corrected chi connectivity index (χ1v) is 14.2. The average Bonchev–Trinajstić information content (AvgIpc) is 3.59. The first kappa shape index (κ1) is 27.0. The van der Waals surface area contributed by atoms with Crippen molar-refractivity contribution in [2.24, 2.45) is 0 Å². The number of fused-ring (bicyclic) bond motifs is 1. The minimum atomic E-state index is -0.268. The van der Waals surface area contributed by atoms with Crippen LogP contribution in [0.15, 0.2) is 103 Å². The van der Waals surface area contributed by atoms with Crippen molar-refractivity contribution < 1.29 is 9.53 Å². The smallest absolute Gasteiger partial charge is 0.253 e. The second-order valence-electron chi connectivity index (χ2n) is 10.5. The molecule has 1 amide bonds. The quantitative estimate of drug-likeness (QED) is 0.218. The predicted octanol–water partition coefficient (Wildman–Crippen LogP) is 6.71. The second-order valence-corrected chi connectivity index (χ2v) is 10.5. The molecule has 6 rings (SSSR count). The molecule has 1 aliphatic heterocycles. The number of ether oxygens (including phenoxy) is 1. The van der Waals surface area contributed by atoms with Crippen LogP contribution in [0.1, 0.15) is 51.5 Å². The summed E-state index contributed by atoms with van der Waals surface area (Å²) in [5.74, 6) is 1.39. The molecule has 1 unspecified atom stereocenters. The molecular formula is C35H31N5O2. The molecular weight excluding hydrogens is 522 g/mol. The summed E-state index contributed by atoms with van der Waals surface area (Å²) < 4.78 is 6.33. The lowest BCUT2D eigenvalue weighted by atomic mass is 9.96. The van der Waals surface area contributed by atoms with Gasteiger partial charge in [0.15, 0.2) is 0 Å². The molecule has 1 atom stereocenters. The molecule has 0 saturated carbocycles. The molecule has 0 aliphatic carbocycles. The van der Waals surface area contributed by atoms with Crippen molar-refractivity contribution in [2.45, 2.75) is 31.9 Å². The van der Waals surface area contributed by atoms with E-state index in [4.69, 9.17) is 4.74 Å². The van der Waals surface area contributed by atoms with E-state index in [9.17, 15) is 10.1 Å². The fourth-order valence-corrected chi connectivity index (χ4v) is 5.42. The molecule has 7 heteroatoms. The Labute approximate surface area is 245 Å². The minimum absolute atomic E-state index is 0.0398. The van der Waals surface area contributed by atoms with Gasteiger partial charge in [-0.3, -0.25) is 4.79 Å². The largest absolute Gasteiger partial charge is 0.489 e. The van der Waals surface area contributed by atoms with E-state index in [1.165, 1.54) is 6.33 Å². The van der Waals surface area contributed by atoms with Crippen LogP contribution >= 0.6 is 0 Å². The number of anilines is 1. The number of nitrogens with one attached hydrogen (secondary N) is 1. The number of amides is 1. The van der Waals surface area contributed by atoms with Gasteiger partial charge in [0, 0.05) is 29.6 Å². The Hall–Kier alpha value is -5.22. The third kappa shape index (κ3) is 6.08. The van der Waals surface area contributed by atoms with Crippen LogP contribution < -0.4 is 10.1 Å². The van der Waals surface area contributed by atoms with E-state index in [0.717, 1.165) is 48.0 Å². The molecule has 4 aromatic carbocycles. The third-order valence-electron chi connectivity index (χ3n) is 7.62. The fourth-order valence-electron chi connectivity index (χ4n) is 5.42. The molecule has 1 N–H and O–H groups in total. The van der Waals surface area contributed by atoms with Crippen molar-refractivity contribution in [1.82, 2.24) is 14.9 Å². The van der Waals surface area contributed by atoms with Crippen LogP contribution in [-0.4, -0.2) is 33.9 Å². The van der Waals surface area contributed by atoms with Gasteiger partial charge in [0.1, 0.15) is 24.5 Å². The van der Waals surface area contributed by atoms with E-state index in [2.05, 4.69) is 33.5 Å². The van der Waals surface area contributed by atoms with Crippen LogP contribution in [0, 0.1) is 11.3 Å². The molecule has 42 heavy (non-hydrogen) atoms. The highest BCUT2D eigenvalue weighted by Crippen LogP contribution is 2.34. The highest BCUT2D eigenvalue weighted by molar-refractivity contribution is 5.99.